The van der Waals surface area contributed by atoms with Crippen molar-refractivity contribution in [1.29, 1.82) is 0 Å². The van der Waals surface area contributed by atoms with Crippen LogP contribution in [0.1, 0.15) is 38.3 Å². The summed E-state index contributed by atoms with van der Waals surface area (Å²) in [4.78, 5) is 24.7. The first-order valence-corrected chi connectivity index (χ1v) is 8.06. The van der Waals surface area contributed by atoms with Crippen LogP contribution in [0.15, 0.2) is 35.4 Å². The lowest BCUT2D eigenvalue weighted by Gasteiger charge is -2.28. The Morgan fingerprint density at radius 1 is 1.38 bits per heavy atom. The van der Waals surface area contributed by atoms with Gasteiger partial charge >= 0.3 is 6.03 Å². The van der Waals surface area contributed by atoms with Crippen LogP contribution in [-0.4, -0.2) is 36.3 Å². The van der Waals surface area contributed by atoms with Crippen molar-refractivity contribution in [1.82, 2.24) is 40.9 Å². The van der Waals surface area contributed by atoms with Gasteiger partial charge in [0.05, 0.1) is 0 Å². The molecule has 10 nitrogen and oxygen atoms in total. The number of urea groups is 1. The van der Waals surface area contributed by atoms with E-state index in [9.17, 15) is 4.79 Å². The number of nitrogens with zero attached hydrogens (tertiary/aromatic N) is 5. The summed E-state index contributed by atoms with van der Waals surface area (Å²) in [6, 6.07) is 2.88. The molecular formula is C16H20N8O2. The standard InChI is InChI=1S/C16H20N8O2/c1-16(2,3)11(14-22-13(24-26-14)12-19-9-20-23-12)21-15(25)18-8-10-5-4-6-17-7-10/h4-7,9,11H,8H2,1-3H3,(H2,18,21,25)(H,19,20,23)/t11-/m1/s1. The summed E-state index contributed by atoms with van der Waals surface area (Å²) < 4.78 is 5.34. The molecular weight excluding hydrogens is 336 g/mol. The van der Waals surface area contributed by atoms with Crippen molar-refractivity contribution < 1.29 is 9.32 Å². The highest BCUT2D eigenvalue weighted by Gasteiger charge is 2.33. The normalized spacial score (nSPS) is 12.6. The van der Waals surface area contributed by atoms with Crippen molar-refractivity contribution in [3.05, 3.63) is 42.3 Å². The number of hydrogen-bond acceptors (Lipinski definition) is 7. The van der Waals surface area contributed by atoms with E-state index >= 15 is 0 Å². The minimum atomic E-state index is -0.486. The second kappa shape index (κ2) is 7.30. The van der Waals surface area contributed by atoms with Crippen LogP contribution in [0.5, 0.6) is 0 Å². The first-order chi connectivity index (χ1) is 12.4. The Labute approximate surface area is 149 Å². The number of aromatic amines is 1. The largest absolute Gasteiger partial charge is 0.337 e. The number of amides is 2. The molecule has 0 saturated carbocycles. The number of pyridine rings is 1. The van der Waals surface area contributed by atoms with E-state index in [0.29, 0.717) is 18.3 Å². The van der Waals surface area contributed by atoms with Crippen LogP contribution >= 0.6 is 0 Å². The third-order valence-electron chi connectivity index (χ3n) is 3.63. The Kier molecular flexibility index (Phi) is 4.92. The number of H-pyrrole nitrogens is 1. The van der Waals surface area contributed by atoms with E-state index in [2.05, 4.69) is 40.9 Å². The van der Waals surface area contributed by atoms with E-state index in [-0.39, 0.29) is 17.3 Å². The Balaban J connectivity index is 1.69. The van der Waals surface area contributed by atoms with E-state index in [4.69, 9.17) is 4.52 Å². The predicted molar refractivity (Wildman–Crippen MR) is 91.5 cm³/mol. The molecule has 3 rings (SSSR count). The summed E-state index contributed by atoms with van der Waals surface area (Å²) in [6.07, 6.45) is 4.74. The maximum absolute atomic E-state index is 12.3. The first kappa shape index (κ1) is 17.5. The molecule has 0 aromatic carbocycles. The van der Waals surface area contributed by atoms with Gasteiger partial charge in [0.25, 0.3) is 0 Å². The van der Waals surface area contributed by atoms with Crippen molar-refractivity contribution in [2.75, 3.05) is 0 Å². The second-order valence-corrected chi connectivity index (χ2v) is 6.78. The van der Waals surface area contributed by atoms with Gasteiger partial charge in [-0.3, -0.25) is 10.1 Å². The maximum atomic E-state index is 12.3. The second-order valence-electron chi connectivity index (χ2n) is 6.78. The molecule has 0 unspecified atom stereocenters. The number of aromatic nitrogens is 6. The average molecular weight is 356 g/mol. The van der Waals surface area contributed by atoms with Crippen molar-refractivity contribution in [2.45, 2.75) is 33.4 Å². The zero-order valence-electron chi connectivity index (χ0n) is 14.7. The van der Waals surface area contributed by atoms with Crippen LogP contribution in [0, 0.1) is 5.41 Å². The first-order valence-electron chi connectivity index (χ1n) is 8.06. The summed E-state index contributed by atoms with van der Waals surface area (Å²) in [5.74, 6) is 0.971. The number of hydrogen-bond donors (Lipinski definition) is 3. The third kappa shape index (κ3) is 4.21. The molecule has 0 fully saturated rings. The smallest absolute Gasteiger partial charge is 0.315 e. The maximum Gasteiger partial charge on any atom is 0.315 e. The van der Waals surface area contributed by atoms with Crippen molar-refractivity contribution in [3.63, 3.8) is 0 Å². The predicted octanol–water partition coefficient (Wildman–Crippen LogP) is 1.84. The Bertz CT molecular complexity index is 839. The lowest BCUT2D eigenvalue weighted by atomic mass is 9.86. The van der Waals surface area contributed by atoms with E-state index in [1.54, 1.807) is 12.4 Å². The van der Waals surface area contributed by atoms with Crippen LogP contribution in [0.4, 0.5) is 4.79 Å². The SMILES string of the molecule is CC(C)(C)[C@H](NC(=O)NCc1cccnc1)c1nc(-c2ncn[nH]2)no1. The summed E-state index contributed by atoms with van der Waals surface area (Å²) in [6.45, 7) is 6.27. The van der Waals surface area contributed by atoms with Gasteiger partial charge in [-0.1, -0.05) is 32.0 Å². The van der Waals surface area contributed by atoms with Crippen LogP contribution in [-0.2, 0) is 6.54 Å². The molecule has 1 atom stereocenters. The molecule has 10 heteroatoms. The molecule has 0 radical (unpaired) electrons. The lowest BCUT2D eigenvalue weighted by Crippen LogP contribution is -2.42. The zero-order chi connectivity index (χ0) is 18.6. The summed E-state index contributed by atoms with van der Waals surface area (Å²) >= 11 is 0. The molecule has 0 aliphatic rings. The fraction of sp³-hybridized carbons (Fsp3) is 0.375. The third-order valence-corrected chi connectivity index (χ3v) is 3.63. The summed E-state index contributed by atoms with van der Waals surface area (Å²) in [7, 11) is 0. The van der Waals surface area contributed by atoms with Crippen molar-refractivity contribution >= 4 is 6.03 Å². The monoisotopic (exact) mass is 356 g/mol. The molecule has 3 aromatic rings. The number of rotatable bonds is 5. The highest BCUT2D eigenvalue weighted by molar-refractivity contribution is 5.74. The number of carbonyl (C=O) groups is 1. The summed E-state index contributed by atoms with van der Waals surface area (Å²) in [5, 5.41) is 16.0. The molecule has 0 spiro atoms. The molecule has 2 amide bonds. The highest BCUT2D eigenvalue weighted by Crippen LogP contribution is 2.32. The van der Waals surface area contributed by atoms with Gasteiger partial charge in [-0.05, 0) is 17.0 Å². The van der Waals surface area contributed by atoms with Crippen LogP contribution < -0.4 is 10.6 Å². The topological polar surface area (TPSA) is 135 Å². The zero-order valence-corrected chi connectivity index (χ0v) is 14.7. The number of nitrogens with one attached hydrogen (secondary N) is 3. The van der Waals surface area contributed by atoms with Gasteiger partial charge in [-0.2, -0.15) is 10.1 Å². The van der Waals surface area contributed by atoms with Crippen LogP contribution in [0.3, 0.4) is 0 Å². The van der Waals surface area contributed by atoms with Gasteiger partial charge in [0.15, 0.2) is 5.82 Å². The fourth-order valence-corrected chi connectivity index (χ4v) is 2.28. The van der Waals surface area contributed by atoms with E-state index in [1.165, 1.54) is 6.33 Å². The van der Waals surface area contributed by atoms with Crippen molar-refractivity contribution in [3.8, 4) is 11.6 Å². The summed E-state index contributed by atoms with van der Waals surface area (Å²) in [5.41, 5.74) is 0.553. The molecule has 0 aliphatic heterocycles. The van der Waals surface area contributed by atoms with Gasteiger partial charge in [0.1, 0.15) is 12.4 Å². The molecule has 3 aromatic heterocycles. The van der Waals surface area contributed by atoms with Crippen molar-refractivity contribution in [2.24, 2.45) is 5.41 Å². The minimum Gasteiger partial charge on any atom is -0.337 e. The van der Waals surface area contributed by atoms with E-state index in [0.717, 1.165) is 5.56 Å². The Hall–Kier alpha value is -3.30. The molecule has 0 aliphatic carbocycles. The van der Waals surface area contributed by atoms with Gasteiger partial charge in [-0.15, -0.1) is 0 Å². The lowest BCUT2D eigenvalue weighted by molar-refractivity contribution is 0.196. The van der Waals surface area contributed by atoms with Gasteiger partial charge in [0.2, 0.25) is 11.7 Å². The van der Waals surface area contributed by atoms with E-state index in [1.807, 2.05) is 32.9 Å². The van der Waals surface area contributed by atoms with Gasteiger partial charge in [0, 0.05) is 18.9 Å². The molecule has 0 bridgehead atoms. The van der Waals surface area contributed by atoms with Crippen LogP contribution in [0.25, 0.3) is 11.6 Å². The molecule has 3 N–H and O–H groups in total. The molecule has 0 saturated heterocycles. The Morgan fingerprint density at radius 2 is 2.23 bits per heavy atom. The average Bonchev–Trinajstić information content (AvgIpc) is 3.29. The van der Waals surface area contributed by atoms with E-state index < -0.39 is 6.04 Å². The number of carbonyl (C=O) groups excluding carboxylic acids is 1. The molecule has 26 heavy (non-hydrogen) atoms. The molecule has 3 heterocycles. The Morgan fingerprint density at radius 3 is 2.88 bits per heavy atom. The quantitative estimate of drug-likeness (QED) is 0.635. The van der Waals surface area contributed by atoms with Crippen LogP contribution in [0.2, 0.25) is 0 Å². The van der Waals surface area contributed by atoms with Gasteiger partial charge < -0.3 is 15.2 Å². The minimum absolute atomic E-state index is 0.282. The fourth-order valence-electron chi connectivity index (χ4n) is 2.28. The van der Waals surface area contributed by atoms with Gasteiger partial charge in [-0.25, -0.2) is 9.78 Å². The highest BCUT2D eigenvalue weighted by atomic mass is 16.5. The molecule has 136 valence electrons.